The third kappa shape index (κ3) is 3.23. The maximum Gasteiger partial charge on any atom is 0.420 e. The maximum absolute atomic E-state index is 13.3. The van der Waals surface area contributed by atoms with Crippen LogP contribution in [-0.4, -0.2) is 32.4 Å². The molecule has 0 bridgehead atoms. The van der Waals surface area contributed by atoms with Crippen LogP contribution in [0.25, 0.3) is 17.1 Å². The molecule has 1 amide bonds. The average Bonchev–Trinajstić information content (AvgIpc) is 3.15. The largest absolute Gasteiger partial charge is 0.420 e. The molecule has 0 radical (unpaired) electrons. The number of carbonyl (C=O) groups excluding carboxylic acids is 1. The molecule has 0 saturated heterocycles. The molecule has 28 heavy (non-hydrogen) atoms. The number of fused-ring (bicyclic) bond motifs is 2. The van der Waals surface area contributed by atoms with Gasteiger partial charge in [0.1, 0.15) is 18.1 Å². The third-order valence-electron chi connectivity index (χ3n) is 4.82. The Morgan fingerprint density at radius 2 is 2.07 bits per heavy atom. The zero-order valence-electron chi connectivity index (χ0n) is 15.4. The minimum Gasteiger partial charge on any atom is -0.412 e. The summed E-state index contributed by atoms with van der Waals surface area (Å²) < 4.78 is 33.2. The minimum absolute atomic E-state index is 0.0976. The number of benzene rings is 1. The van der Waals surface area contributed by atoms with E-state index in [9.17, 15) is 18.4 Å². The first-order valence-corrected chi connectivity index (χ1v) is 8.79. The van der Waals surface area contributed by atoms with E-state index in [1.807, 2.05) is 13.0 Å². The highest BCUT2D eigenvalue weighted by Crippen LogP contribution is 2.23. The highest BCUT2D eigenvalue weighted by Gasteiger charge is 2.22. The number of rotatable bonds is 4. The molecule has 1 N–H and O–H groups in total. The summed E-state index contributed by atoms with van der Waals surface area (Å²) in [5, 5.41) is 0. The fraction of sp³-hybridized carbons (Fsp3) is 0.316. The van der Waals surface area contributed by atoms with Gasteiger partial charge in [-0.15, -0.1) is 0 Å². The molecule has 4 rings (SSSR count). The molecule has 3 aromatic rings. The monoisotopic (exact) mass is 388 g/mol. The van der Waals surface area contributed by atoms with E-state index in [1.165, 1.54) is 9.47 Å². The second-order valence-corrected chi connectivity index (χ2v) is 6.97. The number of aryl methyl sites for hydroxylation is 1. The molecule has 2 aromatic heterocycles. The number of hydrogen-bond donors (Lipinski definition) is 1. The van der Waals surface area contributed by atoms with Crippen LogP contribution in [0, 0.1) is 11.6 Å². The first-order valence-electron chi connectivity index (χ1n) is 8.79. The summed E-state index contributed by atoms with van der Waals surface area (Å²) in [4.78, 5) is 33.1. The molecule has 0 fully saturated rings. The Labute approximate surface area is 158 Å². The smallest absolute Gasteiger partial charge is 0.412 e. The maximum atomic E-state index is 13.3. The number of oxazole rings is 1. The number of amides is 1. The standard InChI is InChI=1S/C19H18F2N4O3/c1-10-3-4-16-15(5-10)25(19(27)28-16)9-18(26)24(2)8-17-22-13-6-11(20)12(21)7-14(13)23-17/h5-7H,3-4,8-9H2,1-2H3,(H,22,23). The lowest BCUT2D eigenvalue weighted by atomic mass is 10.0. The first kappa shape index (κ1) is 18.1. The summed E-state index contributed by atoms with van der Waals surface area (Å²) in [6.45, 7) is 1.90. The van der Waals surface area contributed by atoms with E-state index in [1.54, 1.807) is 7.05 Å². The zero-order valence-corrected chi connectivity index (χ0v) is 15.4. The van der Waals surface area contributed by atoms with E-state index in [0.29, 0.717) is 29.2 Å². The SMILES string of the molecule is CC1=Cc2c(oc(=O)n2CC(=O)N(C)Cc2nc3cc(F)c(F)cc3[nH]2)CC1. The number of likely N-dealkylation sites (N-methyl/N-ethyl adjacent to an activating group) is 1. The van der Waals surface area contributed by atoms with Gasteiger partial charge in [0.25, 0.3) is 0 Å². The van der Waals surface area contributed by atoms with E-state index in [0.717, 1.165) is 24.1 Å². The van der Waals surface area contributed by atoms with Crippen LogP contribution in [0.4, 0.5) is 8.78 Å². The van der Waals surface area contributed by atoms with E-state index in [2.05, 4.69) is 9.97 Å². The van der Waals surface area contributed by atoms with Crippen LogP contribution in [0.1, 0.15) is 30.6 Å². The lowest BCUT2D eigenvalue weighted by molar-refractivity contribution is -0.131. The number of hydrogen-bond acceptors (Lipinski definition) is 4. The van der Waals surface area contributed by atoms with Crippen molar-refractivity contribution in [1.29, 1.82) is 0 Å². The van der Waals surface area contributed by atoms with Crippen molar-refractivity contribution in [3.05, 3.63) is 57.2 Å². The number of imidazole rings is 1. The van der Waals surface area contributed by atoms with Gasteiger partial charge in [-0.2, -0.15) is 0 Å². The van der Waals surface area contributed by atoms with Gasteiger partial charge in [0.15, 0.2) is 11.6 Å². The number of aromatic amines is 1. The number of carbonyl (C=O) groups is 1. The van der Waals surface area contributed by atoms with E-state index < -0.39 is 17.4 Å². The zero-order chi connectivity index (χ0) is 20.0. The summed E-state index contributed by atoms with van der Waals surface area (Å²) in [7, 11) is 1.56. The Morgan fingerprint density at radius 1 is 1.32 bits per heavy atom. The van der Waals surface area contributed by atoms with Crippen molar-refractivity contribution in [3.8, 4) is 0 Å². The van der Waals surface area contributed by atoms with Crippen LogP contribution in [-0.2, 0) is 24.3 Å². The van der Waals surface area contributed by atoms with Crippen LogP contribution in [0.2, 0.25) is 0 Å². The lowest BCUT2D eigenvalue weighted by Gasteiger charge is -2.16. The Morgan fingerprint density at radius 3 is 2.86 bits per heavy atom. The minimum atomic E-state index is -0.984. The van der Waals surface area contributed by atoms with Crippen molar-refractivity contribution in [2.24, 2.45) is 0 Å². The second kappa shape index (κ2) is 6.74. The molecule has 0 saturated carbocycles. The predicted molar refractivity (Wildman–Crippen MR) is 97.4 cm³/mol. The molecule has 1 aliphatic rings. The van der Waals surface area contributed by atoms with E-state index >= 15 is 0 Å². The lowest BCUT2D eigenvalue weighted by Crippen LogP contribution is -2.33. The molecular weight excluding hydrogens is 370 g/mol. The van der Waals surface area contributed by atoms with Gasteiger partial charge in [-0.1, -0.05) is 5.57 Å². The highest BCUT2D eigenvalue weighted by atomic mass is 19.2. The summed E-state index contributed by atoms with van der Waals surface area (Å²) in [6, 6.07) is 2.02. The van der Waals surface area contributed by atoms with Gasteiger partial charge in [0.2, 0.25) is 5.91 Å². The topological polar surface area (TPSA) is 84.1 Å². The fourth-order valence-corrected chi connectivity index (χ4v) is 3.27. The van der Waals surface area contributed by atoms with Crippen LogP contribution in [0.15, 0.2) is 26.9 Å². The summed E-state index contributed by atoms with van der Waals surface area (Å²) in [6.07, 6.45) is 3.32. The average molecular weight is 388 g/mol. The second-order valence-electron chi connectivity index (χ2n) is 6.97. The first-order chi connectivity index (χ1) is 13.3. The molecule has 2 heterocycles. The highest BCUT2D eigenvalue weighted by molar-refractivity contribution is 5.77. The molecule has 0 aliphatic heterocycles. The third-order valence-corrected chi connectivity index (χ3v) is 4.82. The van der Waals surface area contributed by atoms with E-state index in [4.69, 9.17) is 4.42 Å². The van der Waals surface area contributed by atoms with Crippen molar-refractivity contribution in [3.63, 3.8) is 0 Å². The van der Waals surface area contributed by atoms with Crippen molar-refractivity contribution in [2.75, 3.05) is 7.05 Å². The van der Waals surface area contributed by atoms with Gasteiger partial charge in [-0.05, 0) is 19.4 Å². The summed E-state index contributed by atoms with van der Waals surface area (Å²) in [5.74, 6) is -1.87. The van der Waals surface area contributed by atoms with Crippen molar-refractivity contribution in [2.45, 2.75) is 32.9 Å². The van der Waals surface area contributed by atoms with Gasteiger partial charge >= 0.3 is 5.76 Å². The van der Waals surface area contributed by atoms with Crippen molar-refractivity contribution < 1.29 is 18.0 Å². The molecule has 0 unspecified atom stereocenters. The van der Waals surface area contributed by atoms with Gasteiger partial charge in [0.05, 0.1) is 23.3 Å². The number of H-pyrrole nitrogens is 1. The normalized spacial score (nSPS) is 13.5. The number of halogens is 2. The predicted octanol–water partition coefficient (Wildman–Crippen LogP) is 2.60. The molecule has 7 nitrogen and oxygen atoms in total. The number of aromatic nitrogens is 3. The van der Waals surface area contributed by atoms with E-state index in [-0.39, 0.29) is 24.5 Å². The molecular formula is C19H18F2N4O3. The Balaban J connectivity index is 1.52. The number of allylic oxidation sites excluding steroid dienone is 1. The molecule has 0 atom stereocenters. The number of nitrogens with one attached hydrogen (secondary N) is 1. The molecule has 146 valence electrons. The van der Waals surface area contributed by atoms with Crippen LogP contribution in [0.5, 0.6) is 0 Å². The van der Waals surface area contributed by atoms with Crippen LogP contribution >= 0.6 is 0 Å². The van der Waals surface area contributed by atoms with Gasteiger partial charge in [-0.3, -0.25) is 9.36 Å². The fourth-order valence-electron chi connectivity index (χ4n) is 3.27. The quantitative estimate of drug-likeness (QED) is 0.745. The van der Waals surface area contributed by atoms with Crippen molar-refractivity contribution in [1.82, 2.24) is 19.4 Å². The number of nitrogens with zero attached hydrogens (tertiary/aromatic N) is 3. The molecule has 1 aliphatic carbocycles. The van der Waals surface area contributed by atoms with Crippen molar-refractivity contribution >= 4 is 23.0 Å². The molecule has 1 aromatic carbocycles. The summed E-state index contributed by atoms with van der Waals surface area (Å²) in [5.41, 5.74) is 2.36. The van der Waals surface area contributed by atoms with Gasteiger partial charge < -0.3 is 14.3 Å². The summed E-state index contributed by atoms with van der Waals surface area (Å²) >= 11 is 0. The Bertz CT molecular complexity index is 1130. The Kier molecular flexibility index (Phi) is 4.37. The molecule has 0 spiro atoms. The van der Waals surface area contributed by atoms with Crippen LogP contribution < -0.4 is 5.76 Å². The molecule has 9 heteroatoms. The van der Waals surface area contributed by atoms with Gasteiger partial charge in [-0.25, -0.2) is 18.6 Å². The van der Waals surface area contributed by atoms with Gasteiger partial charge in [0, 0.05) is 25.6 Å². The van der Waals surface area contributed by atoms with Crippen LogP contribution in [0.3, 0.4) is 0 Å². The Hall–Kier alpha value is -3.23.